The van der Waals surface area contributed by atoms with E-state index in [0.29, 0.717) is 6.61 Å². The van der Waals surface area contributed by atoms with E-state index in [2.05, 4.69) is 38.1 Å². The predicted octanol–water partition coefficient (Wildman–Crippen LogP) is 3.99. The molecule has 0 saturated heterocycles. The highest BCUT2D eigenvalue weighted by molar-refractivity contribution is 5.29. The first-order valence-electron chi connectivity index (χ1n) is 7.19. The normalized spacial score (nSPS) is 13.9. The van der Waals surface area contributed by atoms with Gasteiger partial charge in [0.15, 0.2) is 0 Å². The van der Waals surface area contributed by atoms with Crippen LogP contribution in [0.2, 0.25) is 0 Å². The molecule has 2 nitrogen and oxygen atoms in total. The van der Waals surface area contributed by atoms with Crippen LogP contribution in [-0.4, -0.2) is 6.04 Å². The van der Waals surface area contributed by atoms with Gasteiger partial charge in [-0.15, -0.1) is 0 Å². The van der Waals surface area contributed by atoms with Crippen LogP contribution in [0.5, 0.6) is 0 Å². The van der Waals surface area contributed by atoms with Gasteiger partial charge in [0.2, 0.25) is 0 Å². The van der Waals surface area contributed by atoms with E-state index < -0.39 is 0 Å². The maximum Gasteiger partial charge on any atom is 0.0982 e. The molecule has 106 valence electrons. The number of nitrogens with two attached hydrogens (primary N) is 1. The molecule has 0 bridgehead atoms. The molecule has 0 aromatic heterocycles. The average Bonchev–Trinajstić information content (AvgIpc) is 2.50. The first-order valence-corrected chi connectivity index (χ1v) is 7.19. The summed E-state index contributed by atoms with van der Waals surface area (Å²) in [7, 11) is 0. The quantitative estimate of drug-likeness (QED) is 0.860. The number of benzene rings is 2. The van der Waals surface area contributed by atoms with Gasteiger partial charge >= 0.3 is 0 Å². The molecule has 2 aromatic rings. The monoisotopic (exact) mass is 269 g/mol. The van der Waals surface area contributed by atoms with Crippen LogP contribution in [0.25, 0.3) is 0 Å². The Morgan fingerprint density at radius 1 is 1.00 bits per heavy atom. The van der Waals surface area contributed by atoms with Gasteiger partial charge in [0, 0.05) is 6.04 Å². The van der Waals surface area contributed by atoms with Gasteiger partial charge in [-0.25, -0.2) is 0 Å². The average molecular weight is 269 g/mol. The van der Waals surface area contributed by atoms with Crippen molar-refractivity contribution in [2.75, 3.05) is 0 Å². The number of hydrogen-bond donors (Lipinski definition) is 1. The molecule has 0 radical (unpaired) electrons. The summed E-state index contributed by atoms with van der Waals surface area (Å²) in [5.74, 6) is 0. The molecule has 2 aromatic carbocycles. The van der Waals surface area contributed by atoms with E-state index in [4.69, 9.17) is 10.5 Å². The molecular weight excluding hydrogens is 246 g/mol. The van der Waals surface area contributed by atoms with Crippen molar-refractivity contribution in [1.82, 2.24) is 0 Å². The Morgan fingerprint density at radius 2 is 1.65 bits per heavy atom. The molecule has 2 N–H and O–H groups in total. The Hall–Kier alpha value is -1.64. The van der Waals surface area contributed by atoms with Crippen molar-refractivity contribution in [1.29, 1.82) is 0 Å². The minimum atomic E-state index is -0.0543. The van der Waals surface area contributed by atoms with Crippen molar-refractivity contribution < 1.29 is 4.74 Å². The zero-order valence-electron chi connectivity index (χ0n) is 12.3. The smallest absolute Gasteiger partial charge is 0.0982 e. The zero-order chi connectivity index (χ0) is 14.4. The highest BCUT2D eigenvalue weighted by Crippen LogP contribution is 2.26. The van der Waals surface area contributed by atoms with E-state index in [1.807, 2.05) is 30.3 Å². The van der Waals surface area contributed by atoms with Crippen LogP contribution in [0, 0.1) is 6.92 Å². The minimum absolute atomic E-state index is 0.0137. The van der Waals surface area contributed by atoms with Gasteiger partial charge in [0.05, 0.1) is 12.7 Å². The standard InChI is InChI=1S/C18H23NO/c1-3-17(19)18(16-12-8-7-9-14(16)2)20-13-15-10-5-4-6-11-15/h4-12,17-18H,3,13,19H2,1-2H3. The van der Waals surface area contributed by atoms with Crippen LogP contribution < -0.4 is 5.73 Å². The van der Waals surface area contributed by atoms with Crippen molar-refractivity contribution in [3.05, 3.63) is 71.3 Å². The lowest BCUT2D eigenvalue weighted by molar-refractivity contribution is 0.0209. The molecular formula is C18H23NO. The lowest BCUT2D eigenvalue weighted by Gasteiger charge is -2.25. The summed E-state index contributed by atoms with van der Waals surface area (Å²) in [6, 6.07) is 18.5. The third-order valence-electron chi connectivity index (χ3n) is 3.63. The van der Waals surface area contributed by atoms with E-state index in [1.54, 1.807) is 0 Å². The van der Waals surface area contributed by atoms with Crippen LogP contribution in [0.1, 0.15) is 36.1 Å². The van der Waals surface area contributed by atoms with E-state index >= 15 is 0 Å². The van der Waals surface area contributed by atoms with Crippen LogP contribution in [0.15, 0.2) is 54.6 Å². The predicted molar refractivity (Wildman–Crippen MR) is 83.4 cm³/mol. The zero-order valence-corrected chi connectivity index (χ0v) is 12.3. The molecule has 2 unspecified atom stereocenters. The fourth-order valence-electron chi connectivity index (χ4n) is 2.32. The molecule has 2 rings (SSSR count). The van der Waals surface area contributed by atoms with Crippen LogP contribution in [0.3, 0.4) is 0 Å². The van der Waals surface area contributed by atoms with Crippen molar-refractivity contribution >= 4 is 0 Å². The highest BCUT2D eigenvalue weighted by atomic mass is 16.5. The van der Waals surface area contributed by atoms with Gasteiger partial charge < -0.3 is 10.5 Å². The second kappa shape index (κ2) is 7.22. The maximum absolute atomic E-state index is 6.26. The van der Waals surface area contributed by atoms with Gasteiger partial charge in [-0.2, -0.15) is 0 Å². The Bertz CT molecular complexity index is 524. The number of aryl methyl sites for hydroxylation is 1. The first-order chi connectivity index (χ1) is 9.72. The minimum Gasteiger partial charge on any atom is -0.367 e. The van der Waals surface area contributed by atoms with Gasteiger partial charge in [-0.1, -0.05) is 61.5 Å². The Balaban J connectivity index is 2.15. The Morgan fingerprint density at radius 3 is 2.30 bits per heavy atom. The molecule has 0 fully saturated rings. The van der Waals surface area contributed by atoms with Gasteiger partial charge in [0.25, 0.3) is 0 Å². The highest BCUT2D eigenvalue weighted by Gasteiger charge is 2.20. The fraction of sp³-hybridized carbons (Fsp3) is 0.333. The molecule has 0 spiro atoms. The van der Waals surface area contributed by atoms with Crippen molar-refractivity contribution in [2.24, 2.45) is 5.73 Å². The summed E-state index contributed by atoms with van der Waals surface area (Å²) in [6.07, 6.45) is 0.842. The van der Waals surface area contributed by atoms with Gasteiger partial charge in [-0.3, -0.25) is 0 Å². The number of hydrogen-bond acceptors (Lipinski definition) is 2. The van der Waals surface area contributed by atoms with Crippen LogP contribution in [0.4, 0.5) is 0 Å². The molecule has 0 aliphatic rings. The lowest BCUT2D eigenvalue weighted by Crippen LogP contribution is -2.30. The summed E-state index contributed by atoms with van der Waals surface area (Å²) < 4.78 is 6.12. The second-order valence-corrected chi connectivity index (χ2v) is 5.15. The molecule has 0 amide bonds. The Kier molecular flexibility index (Phi) is 5.33. The number of rotatable bonds is 6. The third-order valence-corrected chi connectivity index (χ3v) is 3.63. The summed E-state index contributed by atoms with van der Waals surface area (Å²) in [6.45, 7) is 4.80. The number of ether oxygens (including phenoxy) is 1. The topological polar surface area (TPSA) is 35.2 Å². The summed E-state index contributed by atoms with van der Waals surface area (Å²) in [5, 5.41) is 0. The first kappa shape index (κ1) is 14.8. The van der Waals surface area contributed by atoms with E-state index in [9.17, 15) is 0 Å². The third kappa shape index (κ3) is 3.69. The van der Waals surface area contributed by atoms with Crippen LogP contribution >= 0.6 is 0 Å². The Labute approximate surface area is 121 Å². The summed E-state index contributed by atoms with van der Waals surface area (Å²) in [5.41, 5.74) is 9.86. The molecule has 0 heterocycles. The summed E-state index contributed by atoms with van der Waals surface area (Å²) in [4.78, 5) is 0. The summed E-state index contributed by atoms with van der Waals surface area (Å²) >= 11 is 0. The van der Waals surface area contributed by atoms with E-state index in [1.165, 1.54) is 16.7 Å². The molecule has 20 heavy (non-hydrogen) atoms. The van der Waals surface area contributed by atoms with Gasteiger partial charge in [0.1, 0.15) is 0 Å². The molecule has 0 aliphatic carbocycles. The second-order valence-electron chi connectivity index (χ2n) is 5.15. The van der Waals surface area contributed by atoms with E-state index in [0.717, 1.165) is 6.42 Å². The molecule has 0 aliphatic heterocycles. The largest absolute Gasteiger partial charge is 0.367 e. The SMILES string of the molecule is CCC(N)C(OCc1ccccc1)c1ccccc1C. The molecule has 2 atom stereocenters. The van der Waals surface area contributed by atoms with Crippen molar-refractivity contribution in [3.8, 4) is 0 Å². The maximum atomic E-state index is 6.26. The molecule has 2 heteroatoms. The van der Waals surface area contributed by atoms with Crippen LogP contribution in [-0.2, 0) is 11.3 Å². The van der Waals surface area contributed by atoms with Gasteiger partial charge in [-0.05, 0) is 30.0 Å². The van der Waals surface area contributed by atoms with Crippen molar-refractivity contribution in [2.45, 2.75) is 39.0 Å². The molecule has 0 saturated carbocycles. The fourth-order valence-corrected chi connectivity index (χ4v) is 2.32. The van der Waals surface area contributed by atoms with Crippen molar-refractivity contribution in [3.63, 3.8) is 0 Å². The lowest BCUT2D eigenvalue weighted by atomic mass is 9.97. The van der Waals surface area contributed by atoms with E-state index in [-0.39, 0.29) is 12.1 Å².